The minimum absolute atomic E-state index is 0.00400. The van der Waals surface area contributed by atoms with Crippen LogP contribution in [0.1, 0.15) is 28.5 Å². The Balaban J connectivity index is 1.51. The molecule has 2 aliphatic rings. The van der Waals surface area contributed by atoms with Crippen molar-refractivity contribution in [3.63, 3.8) is 0 Å². The number of β-amino-alcohol motifs (C(OH)–C–C–N with tert-alkyl or cyclic N) is 1. The van der Waals surface area contributed by atoms with Gasteiger partial charge in [-0.25, -0.2) is 9.37 Å². The molecule has 126 valence electrons. The molecule has 2 saturated heterocycles. The first kappa shape index (κ1) is 15.2. The first-order chi connectivity index (χ1) is 11.6. The molecule has 3 atom stereocenters. The number of H-pyrrole nitrogens is 1. The van der Waals surface area contributed by atoms with Crippen molar-refractivity contribution in [2.45, 2.75) is 24.0 Å². The quantitative estimate of drug-likeness (QED) is 0.845. The van der Waals surface area contributed by atoms with Crippen molar-refractivity contribution in [2.24, 2.45) is 0 Å². The molecule has 8 heteroatoms. The third-order valence-corrected chi connectivity index (χ3v) is 4.85. The van der Waals surface area contributed by atoms with Crippen LogP contribution in [0, 0.1) is 5.82 Å². The Morgan fingerprint density at radius 3 is 3.12 bits per heavy atom. The molecule has 0 saturated carbocycles. The number of carbonyl (C=O) groups excluding carboxylic acids is 1. The number of carbonyl (C=O) groups is 1. The van der Waals surface area contributed by atoms with Crippen LogP contribution in [0.2, 0.25) is 0 Å². The van der Waals surface area contributed by atoms with E-state index in [0.717, 1.165) is 5.56 Å². The number of nitrogens with zero attached hydrogens (tertiary/aromatic N) is 3. The number of aliphatic hydroxyl groups is 1. The molecule has 1 spiro atoms. The monoisotopic (exact) mass is 332 g/mol. The van der Waals surface area contributed by atoms with E-state index in [1.165, 1.54) is 23.4 Å². The average Bonchev–Trinajstić information content (AvgIpc) is 3.30. The Hall–Kier alpha value is -2.32. The summed E-state index contributed by atoms with van der Waals surface area (Å²) in [5.74, 6) is -0.474. The number of aromatic nitrogens is 3. The number of halogens is 1. The highest BCUT2D eigenvalue weighted by atomic mass is 19.1. The summed E-state index contributed by atoms with van der Waals surface area (Å²) >= 11 is 0. The highest BCUT2D eigenvalue weighted by Crippen LogP contribution is 2.42. The summed E-state index contributed by atoms with van der Waals surface area (Å²) in [6.45, 7) is 0.847. The largest absolute Gasteiger partial charge is 0.388 e. The summed E-state index contributed by atoms with van der Waals surface area (Å²) in [6.07, 6.45) is 1.02. The standard InChI is InChI=1S/C16H17FN4O3/c17-12-3-1-2-10(4-12)11-5-16(24-7-11)8-21(6-13(16)22)15(23)14-18-9-19-20-14/h1-4,9,11,13,22H,5-8H2,(H,18,19,20)/t11-,13+,16+/m0/s1. The van der Waals surface area contributed by atoms with Crippen LogP contribution in [0.5, 0.6) is 0 Å². The zero-order chi connectivity index (χ0) is 16.7. The van der Waals surface area contributed by atoms with E-state index in [-0.39, 0.29) is 36.6 Å². The van der Waals surface area contributed by atoms with Gasteiger partial charge >= 0.3 is 0 Å². The van der Waals surface area contributed by atoms with Gasteiger partial charge in [-0.05, 0) is 24.1 Å². The Labute approximate surface area is 137 Å². The van der Waals surface area contributed by atoms with E-state index in [1.54, 1.807) is 6.07 Å². The van der Waals surface area contributed by atoms with Gasteiger partial charge in [0.05, 0.1) is 19.7 Å². The molecule has 1 amide bonds. The third kappa shape index (κ3) is 2.47. The fourth-order valence-electron chi connectivity index (χ4n) is 3.60. The van der Waals surface area contributed by atoms with E-state index in [2.05, 4.69) is 15.2 Å². The molecule has 4 rings (SSSR count). The van der Waals surface area contributed by atoms with Gasteiger partial charge in [-0.1, -0.05) is 12.1 Å². The lowest BCUT2D eigenvalue weighted by Crippen LogP contribution is -2.41. The van der Waals surface area contributed by atoms with Gasteiger partial charge in [-0.2, -0.15) is 5.10 Å². The Bertz CT molecular complexity index is 754. The summed E-state index contributed by atoms with van der Waals surface area (Å²) in [5, 5.41) is 16.7. The number of rotatable bonds is 2. The Kier molecular flexibility index (Phi) is 3.58. The topological polar surface area (TPSA) is 91.3 Å². The van der Waals surface area contributed by atoms with Crippen LogP contribution in [0.15, 0.2) is 30.6 Å². The van der Waals surface area contributed by atoms with Gasteiger partial charge in [0, 0.05) is 5.92 Å². The van der Waals surface area contributed by atoms with E-state index >= 15 is 0 Å². The second-order valence-electron chi connectivity index (χ2n) is 6.37. The number of hydrogen-bond acceptors (Lipinski definition) is 5. The fourth-order valence-corrected chi connectivity index (χ4v) is 3.60. The van der Waals surface area contributed by atoms with Crippen molar-refractivity contribution in [3.8, 4) is 0 Å². The molecule has 2 aromatic rings. The fraction of sp³-hybridized carbons (Fsp3) is 0.438. The summed E-state index contributed by atoms with van der Waals surface area (Å²) in [7, 11) is 0. The van der Waals surface area contributed by atoms with Crippen molar-refractivity contribution in [3.05, 3.63) is 47.8 Å². The van der Waals surface area contributed by atoms with Crippen molar-refractivity contribution >= 4 is 5.91 Å². The second kappa shape index (κ2) is 5.64. The molecule has 2 aliphatic heterocycles. The summed E-state index contributed by atoms with van der Waals surface area (Å²) in [5.41, 5.74) is 0.0335. The normalized spacial score (nSPS) is 29.5. The summed E-state index contributed by atoms with van der Waals surface area (Å²) < 4.78 is 19.3. The van der Waals surface area contributed by atoms with E-state index in [1.807, 2.05) is 6.07 Å². The molecule has 2 N–H and O–H groups in total. The molecule has 0 radical (unpaired) electrons. The van der Waals surface area contributed by atoms with Crippen molar-refractivity contribution in [1.82, 2.24) is 20.1 Å². The lowest BCUT2D eigenvalue weighted by molar-refractivity contribution is -0.0591. The summed E-state index contributed by atoms with van der Waals surface area (Å²) in [6, 6.07) is 6.42. The molecule has 0 unspecified atom stereocenters. The molecule has 24 heavy (non-hydrogen) atoms. The maximum absolute atomic E-state index is 13.4. The molecule has 1 aromatic heterocycles. The number of aliphatic hydroxyl groups excluding tert-OH is 1. The highest BCUT2D eigenvalue weighted by molar-refractivity contribution is 5.90. The number of nitrogens with one attached hydrogen (secondary N) is 1. The third-order valence-electron chi connectivity index (χ3n) is 4.85. The van der Waals surface area contributed by atoms with Crippen LogP contribution in [-0.4, -0.2) is 62.5 Å². The maximum Gasteiger partial charge on any atom is 0.291 e. The van der Waals surface area contributed by atoms with Crippen molar-refractivity contribution in [1.29, 1.82) is 0 Å². The van der Waals surface area contributed by atoms with Gasteiger partial charge in [0.25, 0.3) is 5.91 Å². The maximum atomic E-state index is 13.4. The lowest BCUT2D eigenvalue weighted by Gasteiger charge is -2.25. The highest BCUT2D eigenvalue weighted by Gasteiger charge is 2.53. The van der Waals surface area contributed by atoms with Crippen LogP contribution in [0.4, 0.5) is 4.39 Å². The first-order valence-electron chi connectivity index (χ1n) is 7.79. The molecule has 1 aromatic carbocycles. The zero-order valence-corrected chi connectivity index (χ0v) is 12.9. The van der Waals surface area contributed by atoms with Crippen molar-refractivity contribution < 1.29 is 19.0 Å². The SMILES string of the molecule is O=C(c1ncn[nH]1)N1C[C@@H](O)[C@@]2(C[C@H](c3cccc(F)c3)CO2)C1. The minimum Gasteiger partial charge on any atom is -0.388 e. The number of hydrogen-bond donors (Lipinski definition) is 2. The predicted molar refractivity (Wildman–Crippen MR) is 80.7 cm³/mol. The van der Waals surface area contributed by atoms with Crippen LogP contribution in [0.3, 0.4) is 0 Å². The van der Waals surface area contributed by atoms with Gasteiger partial charge in [0.1, 0.15) is 23.8 Å². The molecule has 0 bridgehead atoms. The van der Waals surface area contributed by atoms with Gasteiger partial charge in [0.2, 0.25) is 5.82 Å². The number of likely N-dealkylation sites (tertiary alicyclic amines) is 1. The molecule has 7 nitrogen and oxygen atoms in total. The van der Waals surface area contributed by atoms with Crippen LogP contribution in [-0.2, 0) is 4.74 Å². The van der Waals surface area contributed by atoms with Crippen LogP contribution in [0.25, 0.3) is 0 Å². The van der Waals surface area contributed by atoms with Crippen molar-refractivity contribution in [2.75, 3.05) is 19.7 Å². The van der Waals surface area contributed by atoms with E-state index in [0.29, 0.717) is 13.0 Å². The number of ether oxygens (including phenoxy) is 1. The Morgan fingerprint density at radius 1 is 1.50 bits per heavy atom. The lowest BCUT2D eigenvalue weighted by atomic mass is 9.87. The molecule has 0 aliphatic carbocycles. The molecular formula is C16H17FN4O3. The smallest absolute Gasteiger partial charge is 0.291 e. The average molecular weight is 332 g/mol. The van der Waals surface area contributed by atoms with Crippen LogP contribution < -0.4 is 0 Å². The minimum atomic E-state index is -0.813. The summed E-state index contributed by atoms with van der Waals surface area (Å²) in [4.78, 5) is 17.7. The van der Waals surface area contributed by atoms with Crippen LogP contribution >= 0.6 is 0 Å². The predicted octanol–water partition coefficient (Wildman–Crippen LogP) is 0.703. The molecular weight excluding hydrogens is 315 g/mol. The number of amides is 1. The zero-order valence-electron chi connectivity index (χ0n) is 12.9. The molecule has 2 fully saturated rings. The van der Waals surface area contributed by atoms with E-state index < -0.39 is 11.7 Å². The van der Waals surface area contributed by atoms with E-state index in [9.17, 15) is 14.3 Å². The van der Waals surface area contributed by atoms with E-state index in [4.69, 9.17) is 4.74 Å². The van der Waals surface area contributed by atoms with Gasteiger partial charge < -0.3 is 14.7 Å². The van der Waals surface area contributed by atoms with Gasteiger partial charge in [0.15, 0.2) is 0 Å². The van der Waals surface area contributed by atoms with Gasteiger partial charge in [-0.3, -0.25) is 9.89 Å². The molecule has 3 heterocycles. The number of benzene rings is 1. The second-order valence-corrected chi connectivity index (χ2v) is 6.37. The van der Waals surface area contributed by atoms with Gasteiger partial charge in [-0.15, -0.1) is 0 Å². The number of aromatic amines is 1. The Morgan fingerprint density at radius 2 is 2.38 bits per heavy atom. The first-order valence-corrected chi connectivity index (χ1v) is 7.79.